The van der Waals surface area contributed by atoms with Crippen molar-refractivity contribution in [3.63, 3.8) is 0 Å². The minimum atomic E-state index is -4.34. The molecule has 0 unspecified atom stereocenters. The van der Waals surface area contributed by atoms with Crippen LogP contribution in [0.3, 0.4) is 0 Å². The number of carboxylic acids is 1. The fraction of sp³-hybridized carbons (Fsp3) is 0. The second-order valence-corrected chi connectivity index (χ2v) is 8.10. The van der Waals surface area contributed by atoms with Crippen LogP contribution in [0.4, 0.5) is 0 Å². The molecule has 3 aromatic carbocycles. The maximum absolute atomic E-state index is 10.8. The van der Waals surface area contributed by atoms with Crippen LogP contribution in [-0.4, -0.2) is 66.6 Å². The molecule has 0 amide bonds. The van der Waals surface area contributed by atoms with E-state index < -0.39 is 36.0 Å². The molecule has 0 aliphatic carbocycles. The third kappa shape index (κ3) is 6.38. The molecule has 11 heteroatoms. The summed E-state index contributed by atoms with van der Waals surface area (Å²) >= 11 is 0. The van der Waals surface area contributed by atoms with Crippen molar-refractivity contribution in [2.45, 2.75) is 9.79 Å². The normalized spacial score (nSPS) is 11.1. The van der Waals surface area contributed by atoms with Gasteiger partial charge in [-0.1, -0.05) is 36.4 Å². The second kappa shape index (κ2) is 9.61. The molecule has 0 radical (unpaired) electrons. The van der Waals surface area contributed by atoms with E-state index in [0.717, 1.165) is 35.0 Å². The van der Waals surface area contributed by atoms with E-state index in [0.29, 0.717) is 5.56 Å². The molecular formula is C17H15NaO8S2. The first-order chi connectivity index (χ1) is 12.5. The van der Waals surface area contributed by atoms with Crippen LogP contribution in [-0.2, 0) is 20.2 Å². The molecule has 0 spiro atoms. The molecule has 0 heterocycles. The topological polar surface area (TPSA) is 146 Å². The molecule has 0 bridgehead atoms. The molecule has 0 atom stereocenters. The molecule has 144 valence electrons. The molecule has 0 fully saturated rings. The van der Waals surface area contributed by atoms with Crippen molar-refractivity contribution in [1.82, 2.24) is 0 Å². The van der Waals surface area contributed by atoms with Crippen molar-refractivity contribution < 1.29 is 35.8 Å². The van der Waals surface area contributed by atoms with E-state index in [-0.39, 0.29) is 29.6 Å². The number of hydrogen-bond donors (Lipinski definition) is 3. The Balaban J connectivity index is 0.000000271. The van der Waals surface area contributed by atoms with Gasteiger partial charge in [0.2, 0.25) is 0 Å². The van der Waals surface area contributed by atoms with Gasteiger partial charge in [-0.3, -0.25) is 9.11 Å². The molecule has 3 N–H and O–H groups in total. The molecular weight excluding hydrogens is 419 g/mol. The summed E-state index contributed by atoms with van der Waals surface area (Å²) in [5.74, 6) is -0.878. The van der Waals surface area contributed by atoms with Crippen LogP contribution < -0.4 is 0 Å². The molecule has 28 heavy (non-hydrogen) atoms. The average Bonchev–Trinajstić information content (AvgIpc) is 2.60. The third-order valence-electron chi connectivity index (χ3n) is 3.44. The first kappa shape index (κ1) is 24.2. The summed E-state index contributed by atoms with van der Waals surface area (Å²) in [5, 5.41) is 10.6. The van der Waals surface area contributed by atoms with Gasteiger partial charge < -0.3 is 5.11 Å². The van der Waals surface area contributed by atoms with Gasteiger partial charge in [0.05, 0.1) is 15.4 Å². The molecule has 8 nitrogen and oxygen atoms in total. The second-order valence-electron chi connectivity index (χ2n) is 5.25. The van der Waals surface area contributed by atoms with Crippen LogP contribution in [0.2, 0.25) is 0 Å². The van der Waals surface area contributed by atoms with E-state index in [1.165, 1.54) is 0 Å². The van der Waals surface area contributed by atoms with Crippen LogP contribution in [0.1, 0.15) is 10.4 Å². The van der Waals surface area contributed by atoms with E-state index in [1.807, 2.05) is 30.3 Å². The Labute approximate surface area is 183 Å². The number of carbonyl (C=O) groups is 1. The quantitative estimate of drug-likeness (QED) is 0.419. The van der Waals surface area contributed by atoms with Crippen LogP contribution >= 0.6 is 0 Å². The van der Waals surface area contributed by atoms with Crippen molar-refractivity contribution in [2.24, 2.45) is 0 Å². The van der Waals surface area contributed by atoms with Crippen molar-refractivity contribution in [2.75, 3.05) is 0 Å². The van der Waals surface area contributed by atoms with E-state index in [9.17, 15) is 21.6 Å². The number of fused-ring (bicyclic) bond motifs is 1. The van der Waals surface area contributed by atoms with Gasteiger partial charge in [0.15, 0.2) is 0 Å². The third-order valence-corrected chi connectivity index (χ3v) is 5.18. The zero-order valence-electron chi connectivity index (χ0n) is 13.6. The molecule has 0 aliphatic rings. The Morgan fingerprint density at radius 1 is 0.679 bits per heavy atom. The van der Waals surface area contributed by atoms with Gasteiger partial charge in [-0.2, -0.15) is 16.8 Å². The van der Waals surface area contributed by atoms with Gasteiger partial charge >= 0.3 is 35.5 Å². The number of hydrogen-bond acceptors (Lipinski definition) is 5. The zero-order valence-corrected chi connectivity index (χ0v) is 15.2. The number of benzene rings is 3. The fourth-order valence-corrected chi connectivity index (χ4v) is 3.16. The summed E-state index contributed by atoms with van der Waals surface area (Å²) in [6.07, 6.45) is 0. The molecule has 0 saturated heterocycles. The predicted octanol–water partition coefficient (Wildman–Crippen LogP) is 2.07. The SMILES string of the molecule is O=C(O)c1cccc2ccccc12.O=S(=O)(O)c1ccc(S(=O)(=O)O)cc1.[NaH]. The van der Waals surface area contributed by atoms with Gasteiger partial charge in [0.25, 0.3) is 20.2 Å². The molecule has 0 saturated carbocycles. The zero-order chi connectivity index (χ0) is 20.2. The van der Waals surface area contributed by atoms with Crippen LogP contribution in [0, 0.1) is 0 Å². The number of carboxylic acid groups (broad SMARTS) is 1. The van der Waals surface area contributed by atoms with Crippen molar-refractivity contribution in [3.8, 4) is 0 Å². The average molecular weight is 434 g/mol. The van der Waals surface area contributed by atoms with Crippen molar-refractivity contribution in [1.29, 1.82) is 0 Å². The maximum atomic E-state index is 10.8. The van der Waals surface area contributed by atoms with Crippen molar-refractivity contribution >= 4 is 66.5 Å². The summed E-state index contributed by atoms with van der Waals surface area (Å²) in [6.45, 7) is 0. The Morgan fingerprint density at radius 2 is 1.11 bits per heavy atom. The van der Waals surface area contributed by atoms with Gasteiger partial charge in [0, 0.05) is 0 Å². The van der Waals surface area contributed by atoms with Gasteiger partial charge in [-0.15, -0.1) is 0 Å². The van der Waals surface area contributed by atoms with Crippen LogP contribution in [0.25, 0.3) is 10.8 Å². The summed E-state index contributed by atoms with van der Waals surface area (Å²) in [4.78, 5) is 9.94. The van der Waals surface area contributed by atoms with Crippen molar-refractivity contribution in [3.05, 3.63) is 72.3 Å². The summed E-state index contributed by atoms with van der Waals surface area (Å²) in [6, 6.07) is 16.2. The van der Waals surface area contributed by atoms with E-state index >= 15 is 0 Å². The first-order valence-electron chi connectivity index (χ1n) is 7.26. The standard InChI is InChI=1S/C11H8O2.C6H6O6S2.Na.H/c12-11(13)10-7-3-5-8-4-1-2-6-9(8)10;7-13(8,9)5-1-2-6(4-3-5)14(10,11)12;;/h1-7H,(H,12,13);1-4H,(H,7,8,9)(H,10,11,12);;. The van der Waals surface area contributed by atoms with Crippen LogP contribution in [0.15, 0.2) is 76.5 Å². The molecule has 0 aliphatic heterocycles. The van der Waals surface area contributed by atoms with Gasteiger partial charge in [-0.25, -0.2) is 4.79 Å². The van der Waals surface area contributed by atoms with Crippen LogP contribution in [0.5, 0.6) is 0 Å². The van der Waals surface area contributed by atoms with E-state index in [1.54, 1.807) is 12.1 Å². The molecule has 3 rings (SSSR count). The minimum absolute atomic E-state index is 0. The first-order valence-corrected chi connectivity index (χ1v) is 10.1. The molecule has 3 aromatic rings. The number of rotatable bonds is 3. The summed E-state index contributed by atoms with van der Waals surface area (Å²) in [7, 11) is -8.68. The van der Waals surface area contributed by atoms with Gasteiger partial charge in [0.1, 0.15) is 0 Å². The number of aromatic carboxylic acids is 1. The Kier molecular flexibility index (Phi) is 8.32. The Bertz CT molecular complexity index is 1130. The summed E-state index contributed by atoms with van der Waals surface area (Å²) < 4.78 is 59.2. The van der Waals surface area contributed by atoms with E-state index in [2.05, 4.69) is 0 Å². The van der Waals surface area contributed by atoms with Gasteiger partial charge in [-0.05, 0) is 41.1 Å². The Hall–Kier alpha value is -1.79. The monoisotopic (exact) mass is 434 g/mol. The van der Waals surface area contributed by atoms with E-state index in [4.69, 9.17) is 14.2 Å². The summed E-state index contributed by atoms with van der Waals surface area (Å²) in [5.41, 5.74) is 0.359. The fourth-order valence-electron chi connectivity index (χ4n) is 2.20. The molecule has 0 aromatic heterocycles. The predicted molar refractivity (Wildman–Crippen MR) is 104 cm³/mol. The Morgan fingerprint density at radius 3 is 1.54 bits per heavy atom.